The number of nitrogens with one attached hydrogen (secondary N) is 1. The van der Waals surface area contributed by atoms with Crippen LogP contribution in [-0.2, 0) is 14.8 Å². The van der Waals surface area contributed by atoms with Gasteiger partial charge in [-0.05, 0) is 24.6 Å². The van der Waals surface area contributed by atoms with Crippen LogP contribution in [0, 0.1) is 10.1 Å². The number of rotatable bonds is 8. The van der Waals surface area contributed by atoms with Crippen LogP contribution in [0.1, 0.15) is 13.3 Å². The highest BCUT2D eigenvalue weighted by Crippen LogP contribution is 2.27. The summed E-state index contributed by atoms with van der Waals surface area (Å²) in [5.74, 6) is -0.0304. The molecule has 1 atom stereocenters. The van der Waals surface area contributed by atoms with Crippen LogP contribution >= 0.6 is 0 Å². The average molecular weight is 407 g/mol. The Morgan fingerprint density at radius 1 is 1.25 bits per heavy atom. The Bertz CT molecular complexity index is 977. The Hall–Kier alpha value is -3.14. The second-order valence-electron chi connectivity index (χ2n) is 5.98. The van der Waals surface area contributed by atoms with Crippen molar-refractivity contribution in [2.24, 2.45) is 0 Å². The molecule has 2 aromatic carbocycles. The molecule has 1 amide bonds. The van der Waals surface area contributed by atoms with Crippen molar-refractivity contribution in [3.05, 3.63) is 58.6 Å². The maximum atomic E-state index is 12.8. The van der Waals surface area contributed by atoms with Crippen LogP contribution < -0.4 is 14.4 Å². The molecule has 1 N–H and O–H groups in total. The third-order valence-corrected chi connectivity index (χ3v) is 5.14. The summed E-state index contributed by atoms with van der Waals surface area (Å²) in [6, 6.07) is 10.7. The van der Waals surface area contributed by atoms with Gasteiger partial charge in [0.05, 0.1) is 24.0 Å². The van der Waals surface area contributed by atoms with E-state index in [1.807, 2.05) is 0 Å². The summed E-state index contributed by atoms with van der Waals surface area (Å²) in [6.07, 6.45) is 1.11. The Labute approximate surface area is 163 Å². The highest BCUT2D eigenvalue weighted by molar-refractivity contribution is 7.92. The number of nitrogens with zero attached hydrogens (tertiary/aromatic N) is 2. The largest absolute Gasteiger partial charge is 0.497 e. The first-order chi connectivity index (χ1) is 13.2. The van der Waals surface area contributed by atoms with Gasteiger partial charge in [-0.2, -0.15) is 0 Å². The Morgan fingerprint density at radius 3 is 2.50 bits per heavy atom. The number of methoxy groups -OCH3 is 1. The lowest BCUT2D eigenvalue weighted by Gasteiger charge is -2.30. The summed E-state index contributed by atoms with van der Waals surface area (Å²) in [5, 5.41) is 13.7. The first-order valence-corrected chi connectivity index (χ1v) is 10.2. The van der Waals surface area contributed by atoms with Crippen LogP contribution in [0.5, 0.6) is 5.75 Å². The van der Waals surface area contributed by atoms with Gasteiger partial charge in [0, 0.05) is 23.9 Å². The van der Waals surface area contributed by atoms with Crippen LogP contribution in [0.3, 0.4) is 0 Å². The Balaban J connectivity index is 2.41. The quantitative estimate of drug-likeness (QED) is 0.531. The number of non-ortho nitro benzene ring substituents is 1. The first kappa shape index (κ1) is 21.2. The topological polar surface area (TPSA) is 119 Å². The summed E-state index contributed by atoms with van der Waals surface area (Å²) in [7, 11) is -2.41. The van der Waals surface area contributed by atoms with Gasteiger partial charge >= 0.3 is 0 Å². The minimum absolute atomic E-state index is 0.0457. The van der Waals surface area contributed by atoms with Crippen LogP contribution in [0.15, 0.2) is 48.5 Å². The maximum absolute atomic E-state index is 12.8. The third-order valence-electron chi connectivity index (χ3n) is 3.96. The Kier molecular flexibility index (Phi) is 6.57. The average Bonchev–Trinajstić information content (AvgIpc) is 2.65. The zero-order valence-electron chi connectivity index (χ0n) is 15.7. The highest BCUT2D eigenvalue weighted by atomic mass is 32.2. The minimum Gasteiger partial charge on any atom is -0.497 e. The number of carbonyl (C=O) groups excluding carboxylic acids is 1. The number of sulfonamides is 1. The molecule has 0 bridgehead atoms. The van der Waals surface area contributed by atoms with Gasteiger partial charge in [-0.3, -0.25) is 19.2 Å². The number of benzene rings is 2. The fourth-order valence-corrected chi connectivity index (χ4v) is 3.93. The molecular formula is C18H21N3O6S. The van der Waals surface area contributed by atoms with E-state index >= 15 is 0 Å². The van der Waals surface area contributed by atoms with Gasteiger partial charge < -0.3 is 10.1 Å². The van der Waals surface area contributed by atoms with Crippen molar-refractivity contribution in [2.45, 2.75) is 19.4 Å². The van der Waals surface area contributed by atoms with E-state index in [-0.39, 0.29) is 17.8 Å². The van der Waals surface area contributed by atoms with Crippen molar-refractivity contribution >= 4 is 33.0 Å². The van der Waals surface area contributed by atoms with Gasteiger partial charge in [0.2, 0.25) is 15.9 Å². The van der Waals surface area contributed by atoms with E-state index in [9.17, 15) is 23.3 Å². The molecule has 10 heteroatoms. The molecule has 0 aliphatic rings. The highest BCUT2D eigenvalue weighted by Gasteiger charge is 2.32. The predicted octanol–water partition coefficient (Wildman–Crippen LogP) is 2.79. The first-order valence-electron chi connectivity index (χ1n) is 8.36. The molecular weight excluding hydrogens is 386 g/mol. The second kappa shape index (κ2) is 8.70. The van der Waals surface area contributed by atoms with E-state index in [1.165, 1.54) is 25.3 Å². The molecule has 2 rings (SSSR count). The molecule has 0 radical (unpaired) electrons. The molecule has 0 saturated heterocycles. The predicted molar refractivity (Wildman–Crippen MR) is 106 cm³/mol. The van der Waals surface area contributed by atoms with E-state index in [0.29, 0.717) is 11.4 Å². The molecule has 0 fully saturated rings. The maximum Gasteiger partial charge on any atom is 0.271 e. The molecule has 0 aromatic heterocycles. The molecule has 28 heavy (non-hydrogen) atoms. The molecule has 0 heterocycles. The zero-order chi connectivity index (χ0) is 20.9. The molecule has 150 valence electrons. The number of nitro groups is 1. The van der Waals surface area contributed by atoms with Crippen LogP contribution in [0.4, 0.5) is 17.1 Å². The molecule has 9 nitrogen and oxygen atoms in total. The summed E-state index contributed by atoms with van der Waals surface area (Å²) in [4.78, 5) is 23.3. The third kappa shape index (κ3) is 4.97. The van der Waals surface area contributed by atoms with Crippen molar-refractivity contribution in [1.82, 2.24) is 0 Å². The smallest absolute Gasteiger partial charge is 0.271 e. The fourth-order valence-electron chi connectivity index (χ4n) is 2.73. The fraction of sp³-hybridized carbons (Fsp3) is 0.278. The molecule has 0 spiro atoms. The lowest BCUT2D eigenvalue weighted by atomic mass is 10.1. The lowest BCUT2D eigenvalue weighted by Crippen LogP contribution is -2.47. The van der Waals surface area contributed by atoms with Crippen molar-refractivity contribution in [1.29, 1.82) is 0 Å². The van der Waals surface area contributed by atoms with Crippen molar-refractivity contribution in [3.63, 3.8) is 0 Å². The number of nitro benzene ring substituents is 1. The minimum atomic E-state index is -3.90. The standard InChI is InChI=1S/C18H21N3O6S/c1-4-17(18(22)19-13-7-5-10-16(11-13)27-2)20(28(3,25)26)14-8-6-9-15(12-14)21(23)24/h5-12,17H,4H2,1-3H3,(H,19,22)/t17-/m0/s1. The van der Waals surface area contributed by atoms with Gasteiger partial charge in [0.15, 0.2) is 0 Å². The SMILES string of the molecule is CC[C@@H](C(=O)Nc1cccc(OC)c1)N(c1cccc([N+](=O)[O-])c1)S(C)(=O)=O. The molecule has 2 aromatic rings. The van der Waals surface area contributed by atoms with Gasteiger partial charge in [0.25, 0.3) is 5.69 Å². The number of anilines is 2. The molecule has 0 aliphatic carbocycles. The number of hydrogen-bond acceptors (Lipinski definition) is 6. The van der Waals surface area contributed by atoms with E-state index in [2.05, 4.69) is 5.32 Å². The Morgan fingerprint density at radius 2 is 1.93 bits per heavy atom. The van der Waals surface area contributed by atoms with E-state index in [4.69, 9.17) is 4.74 Å². The van der Waals surface area contributed by atoms with Crippen LogP contribution in [-0.4, -0.2) is 38.7 Å². The summed E-state index contributed by atoms with van der Waals surface area (Å²) in [5.41, 5.74) is 0.217. The molecule has 0 unspecified atom stereocenters. The number of ether oxygens (including phenoxy) is 1. The van der Waals surface area contributed by atoms with Crippen LogP contribution in [0.2, 0.25) is 0 Å². The number of hydrogen-bond donors (Lipinski definition) is 1. The monoisotopic (exact) mass is 407 g/mol. The van der Waals surface area contributed by atoms with E-state index in [0.717, 1.165) is 16.6 Å². The summed E-state index contributed by atoms with van der Waals surface area (Å²) >= 11 is 0. The van der Waals surface area contributed by atoms with Gasteiger partial charge in [-0.25, -0.2) is 8.42 Å². The van der Waals surface area contributed by atoms with Gasteiger partial charge in [-0.1, -0.05) is 19.1 Å². The lowest BCUT2D eigenvalue weighted by molar-refractivity contribution is -0.384. The number of carbonyl (C=O) groups is 1. The van der Waals surface area contributed by atoms with Crippen molar-refractivity contribution < 1.29 is 22.9 Å². The molecule has 0 aliphatic heterocycles. The summed E-state index contributed by atoms with van der Waals surface area (Å²) in [6.45, 7) is 1.66. The van der Waals surface area contributed by atoms with E-state index in [1.54, 1.807) is 31.2 Å². The summed E-state index contributed by atoms with van der Waals surface area (Å²) < 4.78 is 30.9. The van der Waals surface area contributed by atoms with Crippen LogP contribution in [0.25, 0.3) is 0 Å². The molecule has 0 saturated carbocycles. The number of amides is 1. The van der Waals surface area contributed by atoms with Crippen molar-refractivity contribution in [2.75, 3.05) is 23.0 Å². The van der Waals surface area contributed by atoms with E-state index < -0.39 is 26.9 Å². The van der Waals surface area contributed by atoms with Crippen molar-refractivity contribution in [3.8, 4) is 5.75 Å². The zero-order valence-corrected chi connectivity index (χ0v) is 16.5. The van der Waals surface area contributed by atoms with Gasteiger partial charge in [0.1, 0.15) is 11.8 Å². The normalized spacial score (nSPS) is 12.1. The van der Waals surface area contributed by atoms with Gasteiger partial charge in [-0.15, -0.1) is 0 Å². The second-order valence-corrected chi connectivity index (χ2v) is 7.84.